The van der Waals surface area contributed by atoms with E-state index in [2.05, 4.69) is 6.92 Å². The molecular weight excluding hydrogens is 607 g/mol. The molecule has 3 N–H and O–H groups in total. The van der Waals surface area contributed by atoms with Crippen molar-refractivity contribution in [2.75, 3.05) is 24.7 Å². The third kappa shape index (κ3) is 7.89. The molecule has 0 fully saturated rings. The molecule has 240 valence electrons. The van der Waals surface area contributed by atoms with Crippen molar-refractivity contribution >= 4 is 11.8 Å². The molecule has 0 spiro atoms. The molecule has 0 amide bonds. The quantitative estimate of drug-likeness (QED) is 0.102. The lowest BCUT2D eigenvalue weighted by Crippen LogP contribution is -2.40. The Labute approximate surface area is 256 Å². The number of fused-ring (bicyclic) bond motifs is 1. The minimum atomic E-state index is -5.55. The maximum absolute atomic E-state index is 13.0. The summed E-state index contributed by atoms with van der Waals surface area (Å²) in [7, 11) is 0. The van der Waals surface area contributed by atoms with Crippen LogP contribution in [0.5, 0.6) is 23.0 Å². The van der Waals surface area contributed by atoms with E-state index < -0.39 is 36.3 Å². The Morgan fingerprint density at radius 3 is 2.25 bits per heavy atom. The number of hydrogen-bond donors (Lipinski definition) is 3. The van der Waals surface area contributed by atoms with E-state index in [-0.39, 0.29) is 36.2 Å². The maximum Gasteiger partial charge on any atom is 0.453 e. The molecule has 0 saturated heterocycles. The molecule has 44 heavy (non-hydrogen) atoms. The van der Waals surface area contributed by atoms with E-state index in [0.717, 1.165) is 16.7 Å². The van der Waals surface area contributed by atoms with Crippen LogP contribution >= 0.6 is 11.8 Å². The lowest BCUT2D eigenvalue weighted by molar-refractivity contribution is -0.284. The number of alkyl halides is 5. The van der Waals surface area contributed by atoms with Crippen LogP contribution in [0, 0.1) is 0 Å². The van der Waals surface area contributed by atoms with E-state index in [1.165, 1.54) is 18.7 Å². The molecule has 0 radical (unpaired) electrons. The molecule has 6 nitrogen and oxygen atoms in total. The van der Waals surface area contributed by atoms with E-state index in [4.69, 9.17) is 14.2 Å². The van der Waals surface area contributed by atoms with Gasteiger partial charge in [0, 0.05) is 35.1 Å². The Kier molecular flexibility index (Phi) is 10.6. The van der Waals surface area contributed by atoms with Crippen molar-refractivity contribution in [2.45, 2.75) is 62.5 Å². The average molecular weight is 643 g/mol. The minimum absolute atomic E-state index is 0.0880. The maximum atomic E-state index is 13.0. The second-order valence-corrected chi connectivity index (χ2v) is 12.2. The fraction of sp³-hybridized carbons (Fsp3) is 0.438. The normalized spacial score (nSPS) is 20.0. The highest BCUT2D eigenvalue weighted by Crippen LogP contribution is 2.51. The number of aromatic hydroxyl groups is 2. The molecule has 4 atom stereocenters. The molecule has 3 aromatic rings. The second-order valence-electron chi connectivity index (χ2n) is 11.0. The molecule has 1 heterocycles. The van der Waals surface area contributed by atoms with Crippen molar-refractivity contribution in [3.63, 3.8) is 0 Å². The van der Waals surface area contributed by atoms with Gasteiger partial charge in [0.05, 0.1) is 13.2 Å². The van der Waals surface area contributed by atoms with Gasteiger partial charge in [-0.15, -0.1) is 0 Å². The van der Waals surface area contributed by atoms with Crippen molar-refractivity contribution in [3.05, 3.63) is 83.4 Å². The summed E-state index contributed by atoms with van der Waals surface area (Å²) in [5.41, 5.74) is 2.23. The molecule has 0 saturated carbocycles. The molecule has 0 aliphatic carbocycles. The molecule has 1 aliphatic rings. The number of ether oxygens (including phenoxy) is 3. The van der Waals surface area contributed by atoms with Crippen LogP contribution in [0.25, 0.3) is 0 Å². The Balaban J connectivity index is 1.41. The fourth-order valence-electron chi connectivity index (χ4n) is 5.19. The highest BCUT2D eigenvalue weighted by atomic mass is 32.2. The molecule has 0 aromatic heterocycles. The van der Waals surface area contributed by atoms with Gasteiger partial charge in [-0.05, 0) is 60.6 Å². The van der Waals surface area contributed by atoms with Crippen molar-refractivity contribution in [1.29, 1.82) is 0 Å². The van der Waals surface area contributed by atoms with Gasteiger partial charge in [0.25, 0.3) is 0 Å². The van der Waals surface area contributed by atoms with Gasteiger partial charge in [-0.1, -0.05) is 37.3 Å². The summed E-state index contributed by atoms with van der Waals surface area (Å²) in [6, 6.07) is 19.3. The van der Waals surface area contributed by atoms with Gasteiger partial charge in [0.1, 0.15) is 29.1 Å². The van der Waals surface area contributed by atoms with Crippen LogP contribution in [0.1, 0.15) is 49.3 Å². The standard InChI is InChI=1S/C32H35F5O6S/c1-20(38)29(41-15-17-44-16-3-14-31(33,34)32(35,36)37)43-25-11-4-21(5-12-25)28-26-13-10-24(40)18-27(26)42-19-30(28,2)22-6-8-23(39)9-7-22/h4-13,18,20,28-29,38-40H,3,14-17,19H2,1-2H3. The first-order chi connectivity index (χ1) is 20.7. The van der Waals surface area contributed by atoms with Crippen LogP contribution in [0.4, 0.5) is 22.0 Å². The van der Waals surface area contributed by atoms with Crippen LogP contribution in [-0.4, -0.2) is 64.5 Å². The van der Waals surface area contributed by atoms with Crippen molar-refractivity contribution in [2.24, 2.45) is 0 Å². The molecule has 12 heteroatoms. The Bertz CT molecular complexity index is 1370. The van der Waals surface area contributed by atoms with E-state index in [1.807, 2.05) is 30.3 Å². The van der Waals surface area contributed by atoms with Gasteiger partial charge in [-0.3, -0.25) is 0 Å². The second kappa shape index (κ2) is 13.8. The molecule has 3 aromatic carbocycles. The highest BCUT2D eigenvalue weighted by molar-refractivity contribution is 7.99. The average Bonchev–Trinajstić information content (AvgIpc) is 2.96. The van der Waals surface area contributed by atoms with E-state index in [1.54, 1.807) is 36.4 Å². The number of phenolic OH excluding ortho intramolecular Hbond substituents is 2. The van der Waals surface area contributed by atoms with E-state index >= 15 is 0 Å². The predicted octanol–water partition coefficient (Wildman–Crippen LogP) is 7.39. The summed E-state index contributed by atoms with van der Waals surface area (Å²) >= 11 is 1.17. The highest BCUT2D eigenvalue weighted by Gasteiger charge is 2.56. The number of rotatable bonds is 13. The van der Waals surface area contributed by atoms with Gasteiger partial charge in [-0.2, -0.15) is 33.7 Å². The lowest BCUT2D eigenvalue weighted by atomic mass is 9.65. The van der Waals surface area contributed by atoms with Crippen LogP contribution in [0.15, 0.2) is 66.7 Å². The third-order valence-electron chi connectivity index (χ3n) is 7.56. The number of aliphatic hydroxyl groups excluding tert-OH is 1. The van der Waals surface area contributed by atoms with E-state index in [0.29, 0.717) is 23.9 Å². The summed E-state index contributed by atoms with van der Waals surface area (Å²) in [6.07, 6.45) is -9.17. The topological polar surface area (TPSA) is 88.4 Å². The number of halogens is 5. The molecular formula is C32H35F5O6S. The summed E-state index contributed by atoms with van der Waals surface area (Å²) < 4.78 is 80.5. The van der Waals surface area contributed by atoms with E-state index in [9.17, 15) is 37.3 Å². The third-order valence-corrected chi connectivity index (χ3v) is 8.60. The zero-order chi connectivity index (χ0) is 32.1. The largest absolute Gasteiger partial charge is 0.508 e. The van der Waals surface area contributed by atoms with Gasteiger partial charge in [0.2, 0.25) is 6.29 Å². The van der Waals surface area contributed by atoms with Gasteiger partial charge in [-0.25, -0.2) is 0 Å². The van der Waals surface area contributed by atoms with Gasteiger partial charge < -0.3 is 29.5 Å². The number of thioether (sulfide) groups is 1. The number of phenols is 2. The van der Waals surface area contributed by atoms with Crippen LogP contribution in [0.3, 0.4) is 0 Å². The number of aliphatic hydroxyl groups is 1. The molecule has 0 bridgehead atoms. The van der Waals surface area contributed by atoms with Crippen molar-refractivity contribution in [3.8, 4) is 23.0 Å². The SMILES string of the molecule is CC(O)C(OCCSCCCC(F)(F)C(F)(F)F)Oc1ccc(C2c3ccc(O)cc3OCC2(C)c2ccc(O)cc2)cc1. The molecule has 1 aliphatic heterocycles. The summed E-state index contributed by atoms with van der Waals surface area (Å²) in [6.45, 7) is 3.97. The zero-order valence-corrected chi connectivity index (χ0v) is 25.0. The fourth-order valence-corrected chi connectivity index (χ4v) is 5.95. The Morgan fingerprint density at radius 1 is 0.955 bits per heavy atom. The van der Waals surface area contributed by atoms with Crippen LogP contribution < -0.4 is 9.47 Å². The van der Waals surface area contributed by atoms with Crippen LogP contribution in [-0.2, 0) is 10.2 Å². The first-order valence-corrected chi connectivity index (χ1v) is 15.2. The monoisotopic (exact) mass is 642 g/mol. The van der Waals surface area contributed by atoms with Crippen molar-refractivity contribution in [1.82, 2.24) is 0 Å². The molecule has 4 unspecified atom stereocenters. The summed E-state index contributed by atoms with van der Waals surface area (Å²) in [5, 5.41) is 30.1. The van der Waals surface area contributed by atoms with Crippen molar-refractivity contribution < 1.29 is 51.5 Å². The van der Waals surface area contributed by atoms with Gasteiger partial charge in [0.15, 0.2) is 0 Å². The van der Waals surface area contributed by atoms with Gasteiger partial charge >= 0.3 is 12.1 Å². The number of benzene rings is 3. The minimum Gasteiger partial charge on any atom is -0.508 e. The Hall–Kier alpha value is -3.22. The lowest BCUT2D eigenvalue weighted by Gasteiger charge is -2.43. The zero-order valence-electron chi connectivity index (χ0n) is 24.2. The van der Waals surface area contributed by atoms with Crippen LogP contribution in [0.2, 0.25) is 0 Å². The first kappa shape index (κ1) is 33.7. The smallest absolute Gasteiger partial charge is 0.453 e. The molecule has 4 rings (SSSR count). The number of hydrogen-bond acceptors (Lipinski definition) is 7. The predicted molar refractivity (Wildman–Crippen MR) is 157 cm³/mol. The first-order valence-electron chi connectivity index (χ1n) is 14.0. The summed E-state index contributed by atoms with van der Waals surface area (Å²) in [5.74, 6) is -3.24. The Morgan fingerprint density at radius 2 is 1.61 bits per heavy atom. The summed E-state index contributed by atoms with van der Waals surface area (Å²) in [4.78, 5) is 0.